The Hall–Kier alpha value is -5.17. The van der Waals surface area contributed by atoms with Crippen molar-refractivity contribution in [2.75, 3.05) is 19.5 Å². The number of amides is 2. The molecule has 10 heteroatoms. The summed E-state index contributed by atoms with van der Waals surface area (Å²) in [6, 6.07) is 19.9. The third-order valence-corrected chi connectivity index (χ3v) is 4.80. The minimum absolute atomic E-state index is 0.176. The normalized spacial score (nSPS) is 10.2. The zero-order valence-electron chi connectivity index (χ0n) is 19.5. The summed E-state index contributed by atoms with van der Waals surface area (Å²) in [5.41, 5.74) is 4.10. The van der Waals surface area contributed by atoms with Crippen molar-refractivity contribution in [3.05, 3.63) is 83.4 Å². The van der Waals surface area contributed by atoms with E-state index in [1.54, 1.807) is 60.7 Å². The Balaban J connectivity index is 1.60. The van der Waals surface area contributed by atoms with Gasteiger partial charge in [0.15, 0.2) is 11.5 Å². The lowest BCUT2D eigenvalue weighted by molar-refractivity contribution is -0.136. The number of methoxy groups -OCH3 is 2. The Morgan fingerprint density at radius 1 is 0.917 bits per heavy atom. The van der Waals surface area contributed by atoms with E-state index in [-0.39, 0.29) is 23.5 Å². The number of ether oxygens (including phenoxy) is 3. The molecule has 0 aliphatic carbocycles. The van der Waals surface area contributed by atoms with Crippen LogP contribution in [0.5, 0.6) is 17.2 Å². The maximum absolute atomic E-state index is 12.6. The van der Waals surface area contributed by atoms with Gasteiger partial charge in [-0.05, 0) is 53.6 Å². The van der Waals surface area contributed by atoms with E-state index >= 15 is 0 Å². The lowest BCUT2D eigenvalue weighted by Crippen LogP contribution is -2.32. The predicted octanol–water partition coefficient (Wildman–Crippen LogP) is 3.08. The van der Waals surface area contributed by atoms with E-state index in [0.717, 1.165) is 5.56 Å². The number of hydrogen-bond donors (Lipinski definition) is 2. The zero-order valence-corrected chi connectivity index (χ0v) is 19.5. The summed E-state index contributed by atoms with van der Waals surface area (Å²) >= 11 is 0. The van der Waals surface area contributed by atoms with Crippen LogP contribution >= 0.6 is 0 Å². The number of nitrogens with one attached hydrogen (secondary N) is 2. The molecule has 0 aliphatic rings. The molecule has 3 aromatic carbocycles. The lowest BCUT2D eigenvalue weighted by atomic mass is 10.1. The molecule has 36 heavy (non-hydrogen) atoms. The van der Waals surface area contributed by atoms with Gasteiger partial charge in [-0.15, -0.1) is 0 Å². The lowest BCUT2D eigenvalue weighted by Gasteiger charge is -2.11. The molecule has 0 aromatic heterocycles. The highest BCUT2D eigenvalue weighted by Crippen LogP contribution is 2.29. The van der Waals surface area contributed by atoms with Gasteiger partial charge in [0, 0.05) is 5.69 Å². The van der Waals surface area contributed by atoms with Crippen LogP contribution in [-0.2, 0) is 16.0 Å². The van der Waals surface area contributed by atoms with Gasteiger partial charge in [0.25, 0.3) is 0 Å². The van der Waals surface area contributed by atoms with E-state index in [1.807, 2.05) is 6.07 Å². The Morgan fingerprint density at radius 2 is 1.64 bits per heavy atom. The Bertz CT molecular complexity index is 1330. The van der Waals surface area contributed by atoms with Crippen LogP contribution in [0.4, 0.5) is 5.69 Å². The van der Waals surface area contributed by atoms with Crippen molar-refractivity contribution in [2.24, 2.45) is 5.10 Å². The van der Waals surface area contributed by atoms with Crippen LogP contribution in [0.15, 0.2) is 71.8 Å². The van der Waals surface area contributed by atoms with Gasteiger partial charge in [-0.3, -0.25) is 9.59 Å². The zero-order chi connectivity index (χ0) is 25.9. The van der Waals surface area contributed by atoms with Gasteiger partial charge in [-0.25, -0.2) is 10.2 Å². The maximum Gasteiger partial charge on any atom is 0.347 e. The smallest absolute Gasteiger partial charge is 0.347 e. The van der Waals surface area contributed by atoms with Gasteiger partial charge in [0.1, 0.15) is 11.3 Å². The van der Waals surface area contributed by atoms with Crippen molar-refractivity contribution in [3.63, 3.8) is 0 Å². The van der Waals surface area contributed by atoms with Crippen molar-refractivity contribution in [1.82, 2.24) is 5.43 Å². The van der Waals surface area contributed by atoms with Crippen molar-refractivity contribution < 1.29 is 28.6 Å². The monoisotopic (exact) mass is 486 g/mol. The molecule has 0 atom stereocenters. The topological polar surface area (TPSA) is 139 Å². The summed E-state index contributed by atoms with van der Waals surface area (Å²) in [5, 5.41) is 14.9. The first-order valence-corrected chi connectivity index (χ1v) is 10.6. The largest absolute Gasteiger partial charge is 0.496 e. The third-order valence-electron chi connectivity index (χ3n) is 4.80. The van der Waals surface area contributed by atoms with Crippen LogP contribution in [-0.4, -0.2) is 38.2 Å². The van der Waals surface area contributed by atoms with E-state index in [1.165, 1.54) is 26.5 Å². The number of benzene rings is 3. The molecule has 0 saturated carbocycles. The van der Waals surface area contributed by atoms with Crippen LogP contribution < -0.4 is 25.0 Å². The number of nitrogens with zero attached hydrogens (tertiary/aromatic N) is 2. The number of anilines is 1. The number of hydrogen-bond acceptors (Lipinski definition) is 8. The van der Waals surface area contributed by atoms with Gasteiger partial charge in [0.2, 0.25) is 0 Å². The molecular weight excluding hydrogens is 464 g/mol. The molecule has 0 fully saturated rings. The molecule has 0 radical (unpaired) electrons. The van der Waals surface area contributed by atoms with E-state index < -0.39 is 17.8 Å². The van der Waals surface area contributed by atoms with Gasteiger partial charge in [-0.1, -0.05) is 24.3 Å². The fourth-order valence-electron chi connectivity index (χ4n) is 3.02. The highest BCUT2D eigenvalue weighted by molar-refractivity contribution is 6.39. The average Bonchev–Trinajstić information content (AvgIpc) is 2.90. The van der Waals surface area contributed by atoms with Crippen molar-refractivity contribution in [2.45, 2.75) is 6.42 Å². The minimum Gasteiger partial charge on any atom is -0.496 e. The van der Waals surface area contributed by atoms with Crippen LogP contribution in [0, 0.1) is 11.3 Å². The molecule has 10 nitrogen and oxygen atoms in total. The molecule has 0 saturated heterocycles. The van der Waals surface area contributed by atoms with E-state index in [2.05, 4.69) is 15.8 Å². The number of esters is 1. The second-order valence-corrected chi connectivity index (χ2v) is 7.19. The SMILES string of the molecule is COc1cc(/C=N/NC(=O)C(=O)Nc2ccc(CC#N)cc2)ccc1OC(=O)c1ccccc1OC. The predicted molar refractivity (Wildman–Crippen MR) is 131 cm³/mol. The molecule has 0 bridgehead atoms. The maximum atomic E-state index is 12.6. The van der Waals surface area contributed by atoms with Crippen LogP contribution in [0.3, 0.4) is 0 Å². The molecule has 3 aromatic rings. The fourth-order valence-corrected chi connectivity index (χ4v) is 3.02. The average molecular weight is 486 g/mol. The minimum atomic E-state index is -0.971. The Morgan fingerprint density at radius 3 is 2.33 bits per heavy atom. The first-order chi connectivity index (χ1) is 17.4. The van der Waals surface area contributed by atoms with E-state index in [4.69, 9.17) is 19.5 Å². The molecule has 0 heterocycles. The quantitative estimate of drug-likeness (QED) is 0.164. The van der Waals surface area contributed by atoms with Gasteiger partial charge >= 0.3 is 17.8 Å². The number of rotatable bonds is 8. The van der Waals surface area contributed by atoms with Gasteiger partial charge in [0.05, 0.1) is 32.9 Å². The molecule has 2 N–H and O–H groups in total. The Kier molecular flexibility index (Phi) is 8.72. The van der Waals surface area contributed by atoms with Crippen LogP contribution in [0.2, 0.25) is 0 Å². The van der Waals surface area contributed by atoms with Gasteiger partial charge in [-0.2, -0.15) is 10.4 Å². The van der Waals surface area contributed by atoms with Crippen molar-refractivity contribution in [1.29, 1.82) is 5.26 Å². The number of carbonyl (C=O) groups excluding carboxylic acids is 3. The molecule has 3 rings (SSSR count). The summed E-state index contributed by atoms with van der Waals surface area (Å²) in [6.07, 6.45) is 1.55. The highest BCUT2D eigenvalue weighted by Gasteiger charge is 2.17. The summed E-state index contributed by atoms with van der Waals surface area (Å²) in [4.78, 5) is 36.6. The molecular formula is C26H22N4O6. The third kappa shape index (κ3) is 6.68. The standard InChI is InChI=1S/C26H22N4O6/c1-34-21-6-4-3-5-20(21)26(33)36-22-12-9-18(15-23(22)35-2)16-28-30-25(32)24(31)29-19-10-7-17(8-11-19)13-14-27/h3-12,15-16H,13H2,1-2H3,(H,29,31)(H,30,32)/b28-16+. The summed E-state index contributed by atoms with van der Waals surface area (Å²) in [5.74, 6) is -1.69. The van der Waals surface area contributed by atoms with Crippen molar-refractivity contribution in [3.8, 4) is 23.3 Å². The van der Waals surface area contributed by atoms with Gasteiger partial charge < -0.3 is 19.5 Å². The van der Waals surface area contributed by atoms with Crippen molar-refractivity contribution >= 4 is 29.7 Å². The molecule has 182 valence electrons. The van der Waals surface area contributed by atoms with Crippen LogP contribution in [0.25, 0.3) is 0 Å². The second-order valence-electron chi connectivity index (χ2n) is 7.19. The summed E-state index contributed by atoms with van der Waals surface area (Å²) < 4.78 is 15.9. The molecule has 2 amide bonds. The molecule has 0 spiro atoms. The number of para-hydroxylation sites is 1. The second kappa shape index (κ2) is 12.3. The summed E-state index contributed by atoms with van der Waals surface area (Å²) in [7, 11) is 2.87. The Labute approximate surface area is 207 Å². The first-order valence-electron chi connectivity index (χ1n) is 10.6. The molecule has 0 unspecified atom stereocenters. The highest BCUT2D eigenvalue weighted by atomic mass is 16.6. The summed E-state index contributed by atoms with van der Waals surface area (Å²) in [6.45, 7) is 0. The molecule has 0 aliphatic heterocycles. The van der Waals surface area contributed by atoms with E-state index in [9.17, 15) is 14.4 Å². The number of hydrazone groups is 1. The number of nitriles is 1. The number of carbonyl (C=O) groups is 3. The van der Waals surface area contributed by atoms with E-state index in [0.29, 0.717) is 17.0 Å². The van der Waals surface area contributed by atoms with Crippen LogP contribution in [0.1, 0.15) is 21.5 Å². The fraction of sp³-hybridized carbons (Fsp3) is 0.115. The first kappa shape index (κ1) is 25.5.